The van der Waals surface area contributed by atoms with E-state index in [2.05, 4.69) is 20.6 Å². The Morgan fingerprint density at radius 1 is 0.958 bits per heavy atom. The van der Waals surface area contributed by atoms with E-state index in [-0.39, 0.29) is 0 Å². The average molecular weight is 361 g/mol. The topological polar surface area (TPSA) is 59.1 Å². The lowest BCUT2D eigenvalue weighted by molar-refractivity contribution is 0.415. The number of nitrogens with zero attached hydrogens (tertiary/aromatic N) is 2. The second-order valence-corrected chi connectivity index (χ2v) is 5.66. The van der Waals surface area contributed by atoms with Gasteiger partial charge in [-0.2, -0.15) is 4.98 Å². The smallest absolute Gasteiger partial charge is 0.229 e. The number of hydrogen-bond donors (Lipinski definition) is 2. The number of anilines is 4. The molecule has 0 unspecified atom stereocenters. The van der Waals surface area contributed by atoms with Gasteiger partial charge in [0.2, 0.25) is 5.95 Å². The molecule has 0 aliphatic heterocycles. The fourth-order valence-corrected chi connectivity index (χ4v) is 2.56. The Morgan fingerprint density at radius 2 is 1.71 bits per heavy atom. The molecule has 0 aliphatic rings. The number of nitrogens with one attached hydrogen (secondary N) is 2. The maximum atomic E-state index is 6.16. The highest BCUT2D eigenvalue weighted by Gasteiger charge is 2.07. The van der Waals surface area contributed by atoms with Crippen molar-refractivity contribution >= 4 is 46.3 Å². The number of halogens is 2. The van der Waals surface area contributed by atoms with Crippen LogP contribution < -0.4 is 15.4 Å². The fraction of sp³-hybridized carbons (Fsp3) is 0.0588. The van der Waals surface area contributed by atoms with Gasteiger partial charge in [-0.1, -0.05) is 35.3 Å². The van der Waals surface area contributed by atoms with E-state index in [0.717, 1.165) is 11.4 Å². The molecule has 3 rings (SSSR count). The Morgan fingerprint density at radius 3 is 2.46 bits per heavy atom. The minimum atomic E-state index is 0.441. The molecule has 3 aromatic rings. The Kier molecular flexibility index (Phi) is 5.03. The van der Waals surface area contributed by atoms with Crippen molar-refractivity contribution in [1.29, 1.82) is 0 Å². The van der Waals surface area contributed by atoms with E-state index >= 15 is 0 Å². The number of ether oxygens (including phenoxy) is 1. The Labute approximate surface area is 149 Å². The molecule has 7 heteroatoms. The highest BCUT2D eigenvalue weighted by Crippen LogP contribution is 2.32. The van der Waals surface area contributed by atoms with E-state index in [0.29, 0.717) is 27.5 Å². The molecule has 0 bridgehead atoms. The molecule has 0 saturated heterocycles. The van der Waals surface area contributed by atoms with Crippen molar-refractivity contribution < 1.29 is 4.74 Å². The van der Waals surface area contributed by atoms with E-state index in [1.165, 1.54) is 0 Å². The van der Waals surface area contributed by atoms with Gasteiger partial charge in [0.1, 0.15) is 11.6 Å². The lowest BCUT2D eigenvalue weighted by Crippen LogP contribution is -2.01. The molecule has 0 atom stereocenters. The van der Waals surface area contributed by atoms with Crippen LogP contribution in [0.4, 0.5) is 23.1 Å². The summed E-state index contributed by atoms with van der Waals surface area (Å²) in [4.78, 5) is 8.62. The minimum absolute atomic E-state index is 0.441. The first kappa shape index (κ1) is 16.4. The van der Waals surface area contributed by atoms with Gasteiger partial charge in [-0.15, -0.1) is 0 Å². The third-order valence-corrected chi connectivity index (χ3v) is 3.83. The number of methoxy groups -OCH3 is 1. The third-order valence-electron chi connectivity index (χ3n) is 3.20. The summed E-state index contributed by atoms with van der Waals surface area (Å²) in [6, 6.07) is 14.5. The predicted octanol–water partition coefficient (Wildman–Crippen LogP) is 5.28. The number of rotatable bonds is 5. The summed E-state index contributed by atoms with van der Waals surface area (Å²) >= 11 is 12.3. The SMILES string of the molecule is COc1cccc(Nc2nccc(Nc3c(Cl)cccc3Cl)n2)c1. The molecule has 2 N–H and O–H groups in total. The van der Waals surface area contributed by atoms with Crippen LogP contribution in [0.25, 0.3) is 0 Å². The van der Waals surface area contributed by atoms with Crippen LogP contribution in [0.5, 0.6) is 5.75 Å². The molecule has 0 radical (unpaired) electrons. The van der Waals surface area contributed by atoms with E-state index < -0.39 is 0 Å². The maximum absolute atomic E-state index is 6.16. The normalized spacial score (nSPS) is 10.3. The van der Waals surface area contributed by atoms with Crippen LogP contribution in [-0.4, -0.2) is 17.1 Å². The van der Waals surface area contributed by atoms with Gasteiger partial charge < -0.3 is 15.4 Å². The quantitative estimate of drug-likeness (QED) is 0.648. The summed E-state index contributed by atoms with van der Waals surface area (Å²) < 4.78 is 5.20. The summed E-state index contributed by atoms with van der Waals surface area (Å²) in [6.07, 6.45) is 1.64. The van der Waals surface area contributed by atoms with Gasteiger partial charge in [0, 0.05) is 18.0 Å². The second kappa shape index (κ2) is 7.38. The van der Waals surface area contributed by atoms with E-state index in [1.54, 1.807) is 37.6 Å². The van der Waals surface area contributed by atoms with Crippen molar-refractivity contribution in [2.45, 2.75) is 0 Å². The number of aromatic nitrogens is 2. The van der Waals surface area contributed by atoms with Crippen LogP contribution in [0.1, 0.15) is 0 Å². The van der Waals surface area contributed by atoms with E-state index in [9.17, 15) is 0 Å². The maximum Gasteiger partial charge on any atom is 0.229 e. The van der Waals surface area contributed by atoms with Gasteiger partial charge in [0.05, 0.1) is 22.8 Å². The molecule has 0 spiro atoms. The lowest BCUT2D eigenvalue weighted by Gasteiger charge is -2.11. The summed E-state index contributed by atoms with van der Waals surface area (Å²) in [5.74, 6) is 1.76. The fourth-order valence-electron chi connectivity index (χ4n) is 2.06. The van der Waals surface area contributed by atoms with Crippen LogP contribution in [0.2, 0.25) is 10.0 Å². The molecule has 122 valence electrons. The number of benzene rings is 2. The zero-order chi connectivity index (χ0) is 16.9. The molecule has 0 aliphatic carbocycles. The monoisotopic (exact) mass is 360 g/mol. The molecule has 24 heavy (non-hydrogen) atoms. The molecule has 0 saturated carbocycles. The molecule has 0 fully saturated rings. The van der Waals surface area contributed by atoms with E-state index in [4.69, 9.17) is 27.9 Å². The van der Waals surface area contributed by atoms with Crippen molar-refractivity contribution in [2.75, 3.05) is 17.7 Å². The van der Waals surface area contributed by atoms with Gasteiger partial charge in [0.15, 0.2) is 0 Å². The Hall–Kier alpha value is -2.50. The first-order valence-corrected chi connectivity index (χ1v) is 7.86. The molecule has 2 aromatic carbocycles. The summed E-state index contributed by atoms with van der Waals surface area (Å²) in [7, 11) is 1.62. The first-order valence-electron chi connectivity index (χ1n) is 7.11. The summed E-state index contributed by atoms with van der Waals surface area (Å²) in [5.41, 5.74) is 1.43. The lowest BCUT2D eigenvalue weighted by atomic mass is 10.3. The highest BCUT2D eigenvalue weighted by molar-refractivity contribution is 6.39. The van der Waals surface area contributed by atoms with E-state index in [1.807, 2.05) is 24.3 Å². The number of para-hydroxylation sites is 1. The largest absolute Gasteiger partial charge is 0.497 e. The molecular formula is C17H14Cl2N4O. The van der Waals surface area contributed by atoms with Crippen molar-refractivity contribution in [2.24, 2.45) is 0 Å². The van der Waals surface area contributed by atoms with Crippen LogP contribution in [0, 0.1) is 0 Å². The average Bonchev–Trinajstić information content (AvgIpc) is 2.59. The molecule has 1 heterocycles. The molecule has 1 aromatic heterocycles. The van der Waals surface area contributed by atoms with Gasteiger partial charge in [-0.3, -0.25) is 0 Å². The zero-order valence-corrected chi connectivity index (χ0v) is 14.3. The standard InChI is InChI=1S/C17H14Cl2N4O/c1-24-12-5-2-4-11(10-12)21-17-20-9-8-15(23-17)22-16-13(18)6-3-7-14(16)19/h2-10H,1H3,(H2,20,21,22,23). The van der Waals surface area contributed by atoms with Crippen LogP contribution in [0.15, 0.2) is 54.7 Å². The second-order valence-electron chi connectivity index (χ2n) is 4.84. The molecule has 0 amide bonds. The van der Waals surface area contributed by atoms with Gasteiger partial charge in [0.25, 0.3) is 0 Å². The van der Waals surface area contributed by atoms with Crippen molar-refractivity contribution in [3.8, 4) is 5.75 Å². The highest BCUT2D eigenvalue weighted by atomic mass is 35.5. The predicted molar refractivity (Wildman–Crippen MR) is 98.1 cm³/mol. The van der Waals surface area contributed by atoms with Gasteiger partial charge >= 0.3 is 0 Å². The van der Waals surface area contributed by atoms with Crippen molar-refractivity contribution in [1.82, 2.24) is 9.97 Å². The summed E-state index contributed by atoms with van der Waals surface area (Å²) in [6.45, 7) is 0. The Balaban J connectivity index is 1.81. The molecule has 5 nitrogen and oxygen atoms in total. The first-order chi connectivity index (χ1) is 11.7. The Bertz CT molecular complexity index is 837. The van der Waals surface area contributed by atoms with Crippen LogP contribution >= 0.6 is 23.2 Å². The third kappa shape index (κ3) is 3.88. The van der Waals surface area contributed by atoms with Crippen molar-refractivity contribution in [3.63, 3.8) is 0 Å². The summed E-state index contributed by atoms with van der Waals surface area (Å²) in [5, 5.41) is 7.27. The minimum Gasteiger partial charge on any atom is -0.497 e. The zero-order valence-electron chi connectivity index (χ0n) is 12.8. The van der Waals surface area contributed by atoms with Crippen molar-refractivity contribution in [3.05, 3.63) is 64.8 Å². The molecular weight excluding hydrogens is 347 g/mol. The van der Waals surface area contributed by atoms with Crippen LogP contribution in [-0.2, 0) is 0 Å². The van der Waals surface area contributed by atoms with Crippen LogP contribution in [0.3, 0.4) is 0 Å². The van der Waals surface area contributed by atoms with Gasteiger partial charge in [-0.25, -0.2) is 4.98 Å². The number of hydrogen-bond acceptors (Lipinski definition) is 5. The van der Waals surface area contributed by atoms with Gasteiger partial charge in [-0.05, 0) is 30.3 Å².